The number of benzene rings is 4. The van der Waals surface area contributed by atoms with Gasteiger partial charge in [0.05, 0.1) is 36.1 Å². The lowest BCUT2D eigenvalue weighted by molar-refractivity contribution is -0.139. The number of amides is 2. The number of aromatic carboxylic acids is 1. The fraction of sp³-hybridized carbons (Fsp3) is 0.312. The molecular weight excluding hydrogens is 739 g/mol. The molecule has 2 amide bonds. The minimum atomic E-state index is -1.12. The van der Waals surface area contributed by atoms with Crippen molar-refractivity contribution in [2.24, 2.45) is 0 Å². The lowest BCUT2D eigenvalue weighted by Gasteiger charge is -2.37. The van der Waals surface area contributed by atoms with Crippen molar-refractivity contribution < 1.29 is 19.5 Å². The van der Waals surface area contributed by atoms with Crippen molar-refractivity contribution in [1.82, 2.24) is 34.6 Å². The number of piperidine rings is 1. The van der Waals surface area contributed by atoms with Crippen molar-refractivity contribution in [2.75, 3.05) is 26.2 Å². The minimum Gasteiger partial charge on any atom is -0.476 e. The first-order valence-corrected chi connectivity index (χ1v) is 20.9. The number of imidazole rings is 2. The van der Waals surface area contributed by atoms with Gasteiger partial charge in [-0.05, 0) is 79.4 Å². The zero-order valence-corrected chi connectivity index (χ0v) is 33.1. The Labute approximate surface area is 344 Å². The van der Waals surface area contributed by atoms with Crippen molar-refractivity contribution in [3.8, 4) is 33.6 Å². The third-order valence-electron chi connectivity index (χ3n) is 12.3. The third kappa shape index (κ3) is 7.94. The second kappa shape index (κ2) is 16.9. The Hall–Kier alpha value is -6.33. The number of aromatic nitrogens is 4. The molecule has 5 heterocycles. The summed E-state index contributed by atoms with van der Waals surface area (Å²) in [5.41, 5.74) is 6.97. The standard InChI is InChI=1S/C48H49N7O4/c56-41(30-32-12-4-1-5-13-32)54-28-10-17-40(54)46-51-42(43(52-46)48(58)59)36-24-20-34(21-25-36)33-18-22-35(23-19-33)38-31-49-45(50-38)39-16-11-29-55(39)47(57)44(37-14-6-2-7-15-37)53-26-8-3-9-27-53/h1-2,4-7,12-15,18-25,31,39-40,44H,3,8-11,16-17,26-30H2,(H,49,50)(H,51,52)(H,58,59)/t39-,40-,44+/m0/s1. The van der Waals surface area contributed by atoms with Gasteiger partial charge in [-0.15, -0.1) is 0 Å². The molecule has 9 rings (SSSR count). The number of hydrogen-bond donors (Lipinski definition) is 3. The molecule has 3 fully saturated rings. The van der Waals surface area contributed by atoms with Gasteiger partial charge in [-0.25, -0.2) is 14.8 Å². The van der Waals surface area contributed by atoms with Crippen LogP contribution in [0.4, 0.5) is 0 Å². The molecule has 3 saturated heterocycles. The number of rotatable bonds is 11. The molecule has 6 aromatic rings. The molecule has 0 radical (unpaired) electrons. The van der Waals surface area contributed by atoms with Gasteiger partial charge in [0.25, 0.3) is 0 Å². The number of nitrogens with one attached hydrogen (secondary N) is 2. The topological polar surface area (TPSA) is 139 Å². The highest BCUT2D eigenvalue weighted by Gasteiger charge is 2.39. The molecule has 0 spiro atoms. The molecule has 11 heteroatoms. The molecule has 0 saturated carbocycles. The molecule has 300 valence electrons. The summed E-state index contributed by atoms with van der Waals surface area (Å²) >= 11 is 0. The number of carboxylic acid groups (broad SMARTS) is 1. The van der Waals surface area contributed by atoms with E-state index in [1.165, 1.54) is 6.42 Å². The molecule has 3 aliphatic heterocycles. The molecule has 11 nitrogen and oxygen atoms in total. The number of nitrogens with zero attached hydrogens (tertiary/aromatic N) is 5. The highest BCUT2D eigenvalue weighted by molar-refractivity contribution is 5.93. The van der Waals surface area contributed by atoms with Crippen LogP contribution >= 0.6 is 0 Å². The molecule has 0 unspecified atom stereocenters. The van der Waals surface area contributed by atoms with Gasteiger partial charge in [-0.3, -0.25) is 14.5 Å². The van der Waals surface area contributed by atoms with Crippen molar-refractivity contribution in [2.45, 2.75) is 69.5 Å². The monoisotopic (exact) mass is 787 g/mol. The van der Waals surface area contributed by atoms with Gasteiger partial charge in [0.15, 0.2) is 5.69 Å². The second-order valence-electron chi connectivity index (χ2n) is 16.0. The Morgan fingerprint density at radius 2 is 1.24 bits per heavy atom. The zero-order valence-electron chi connectivity index (χ0n) is 33.1. The SMILES string of the molecule is O=C(O)c1nc([C@@H]2CCCN2C(=O)Cc2ccccc2)[nH]c1-c1ccc(-c2ccc(-c3cnc([C@@H]4CCCN4C(=O)[C@@H](c4ccccc4)N4CCCCC4)[nH]3)cc2)cc1. The van der Waals surface area contributed by atoms with Crippen LogP contribution < -0.4 is 0 Å². The first kappa shape index (κ1) is 38.2. The Morgan fingerprint density at radius 1 is 0.644 bits per heavy atom. The van der Waals surface area contributed by atoms with Crippen LogP contribution in [0, 0.1) is 0 Å². The van der Waals surface area contributed by atoms with Gasteiger partial charge in [0, 0.05) is 18.7 Å². The summed E-state index contributed by atoms with van der Waals surface area (Å²) in [6.45, 7) is 3.20. The van der Waals surface area contributed by atoms with Crippen LogP contribution in [0.1, 0.15) is 96.3 Å². The number of hydrogen-bond acceptors (Lipinski definition) is 6. The fourth-order valence-corrected chi connectivity index (χ4v) is 9.25. The van der Waals surface area contributed by atoms with Crippen molar-refractivity contribution in [1.29, 1.82) is 0 Å². The van der Waals surface area contributed by atoms with Crippen LogP contribution in [0.25, 0.3) is 33.6 Å². The normalized spacial score (nSPS) is 18.9. The van der Waals surface area contributed by atoms with E-state index in [1.807, 2.05) is 88.8 Å². The molecule has 3 N–H and O–H groups in total. The van der Waals surface area contributed by atoms with E-state index in [9.17, 15) is 19.5 Å². The molecule has 3 atom stereocenters. The lowest BCUT2D eigenvalue weighted by atomic mass is 10.00. The van der Waals surface area contributed by atoms with Crippen molar-refractivity contribution in [3.05, 3.63) is 144 Å². The first-order chi connectivity index (χ1) is 28.9. The molecule has 3 aliphatic rings. The van der Waals surface area contributed by atoms with E-state index in [0.717, 1.165) is 91.1 Å². The van der Waals surface area contributed by atoms with Crippen LogP contribution in [0.2, 0.25) is 0 Å². The number of aromatic amines is 2. The lowest BCUT2D eigenvalue weighted by Crippen LogP contribution is -2.44. The Bertz CT molecular complexity index is 2400. The molecule has 2 aromatic heterocycles. The highest BCUT2D eigenvalue weighted by atomic mass is 16.4. The van der Waals surface area contributed by atoms with E-state index in [1.54, 1.807) is 0 Å². The Kier molecular flexibility index (Phi) is 10.9. The van der Waals surface area contributed by atoms with E-state index in [2.05, 4.69) is 56.3 Å². The number of likely N-dealkylation sites (tertiary alicyclic amines) is 3. The summed E-state index contributed by atoms with van der Waals surface area (Å²) in [6.07, 6.45) is 8.96. The predicted octanol–water partition coefficient (Wildman–Crippen LogP) is 8.63. The Balaban J connectivity index is 0.889. The van der Waals surface area contributed by atoms with Gasteiger partial charge in [-0.1, -0.05) is 116 Å². The first-order valence-electron chi connectivity index (χ1n) is 20.9. The maximum absolute atomic E-state index is 14.4. The van der Waals surface area contributed by atoms with Gasteiger partial charge < -0.3 is 24.9 Å². The van der Waals surface area contributed by atoms with Crippen molar-refractivity contribution >= 4 is 17.8 Å². The van der Waals surface area contributed by atoms with E-state index in [-0.39, 0.29) is 35.6 Å². The second-order valence-corrected chi connectivity index (χ2v) is 16.0. The summed E-state index contributed by atoms with van der Waals surface area (Å²) in [5.74, 6) is 0.361. The third-order valence-corrected chi connectivity index (χ3v) is 12.3. The van der Waals surface area contributed by atoms with Crippen LogP contribution in [-0.2, 0) is 16.0 Å². The summed E-state index contributed by atoms with van der Waals surface area (Å²) in [7, 11) is 0. The molecule has 0 bridgehead atoms. The summed E-state index contributed by atoms with van der Waals surface area (Å²) in [4.78, 5) is 62.5. The average molecular weight is 788 g/mol. The fourth-order valence-electron chi connectivity index (χ4n) is 9.25. The largest absolute Gasteiger partial charge is 0.476 e. The average Bonchev–Trinajstić information content (AvgIpc) is 4.12. The van der Waals surface area contributed by atoms with Crippen LogP contribution in [0.3, 0.4) is 0 Å². The van der Waals surface area contributed by atoms with Gasteiger partial charge in [-0.2, -0.15) is 0 Å². The molecule has 0 aliphatic carbocycles. The summed E-state index contributed by atoms with van der Waals surface area (Å²) < 4.78 is 0. The van der Waals surface area contributed by atoms with Gasteiger partial charge in [0.1, 0.15) is 17.7 Å². The number of carboxylic acids is 1. The van der Waals surface area contributed by atoms with E-state index in [0.29, 0.717) is 36.5 Å². The van der Waals surface area contributed by atoms with E-state index >= 15 is 0 Å². The minimum absolute atomic E-state index is 0.00426. The van der Waals surface area contributed by atoms with Gasteiger partial charge in [0.2, 0.25) is 11.8 Å². The van der Waals surface area contributed by atoms with Crippen LogP contribution in [0.15, 0.2) is 115 Å². The molecule has 4 aromatic carbocycles. The molecule has 59 heavy (non-hydrogen) atoms. The number of H-pyrrole nitrogens is 2. The summed E-state index contributed by atoms with van der Waals surface area (Å²) in [5, 5.41) is 10.1. The Morgan fingerprint density at radius 3 is 1.90 bits per heavy atom. The predicted molar refractivity (Wildman–Crippen MR) is 226 cm³/mol. The van der Waals surface area contributed by atoms with Crippen LogP contribution in [-0.4, -0.2) is 83.7 Å². The smallest absolute Gasteiger partial charge is 0.356 e. The number of carbonyl (C=O) groups excluding carboxylic acids is 2. The quantitative estimate of drug-likeness (QED) is 0.120. The zero-order chi connectivity index (χ0) is 40.3. The van der Waals surface area contributed by atoms with Crippen molar-refractivity contribution in [3.63, 3.8) is 0 Å². The van der Waals surface area contributed by atoms with Crippen LogP contribution in [0.5, 0.6) is 0 Å². The maximum Gasteiger partial charge on any atom is 0.356 e. The van der Waals surface area contributed by atoms with Gasteiger partial charge >= 0.3 is 5.97 Å². The molecular formula is C48H49N7O4. The summed E-state index contributed by atoms with van der Waals surface area (Å²) in [6, 6.07) is 35.2. The van der Waals surface area contributed by atoms with E-state index in [4.69, 9.17) is 4.98 Å². The maximum atomic E-state index is 14.4. The number of carbonyl (C=O) groups is 3. The highest BCUT2D eigenvalue weighted by Crippen LogP contribution is 2.38. The van der Waals surface area contributed by atoms with E-state index < -0.39 is 5.97 Å².